The maximum Gasteiger partial charge on any atom is 0.306 e. The Labute approximate surface area is 196 Å². The van der Waals surface area contributed by atoms with Gasteiger partial charge < -0.3 is 4.18 Å². The molecule has 0 unspecified atom stereocenters. The predicted octanol–water partition coefficient (Wildman–Crippen LogP) is 3.86. The molecule has 6 aliphatic rings. The summed E-state index contributed by atoms with van der Waals surface area (Å²) in [6.45, 7) is 0. The Morgan fingerprint density at radius 2 is 1.73 bits per heavy atom. The molecule has 1 N–H and O–H groups in total. The van der Waals surface area contributed by atoms with Gasteiger partial charge in [-0.2, -0.15) is 23.5 Å². The van der Waals surface area contributed by atoms with Gasteiger partial charge in [0.25, 0.3) is 5.91 Å². The minimum absolute atomic E-state index is 0.0219. The lowest BCUT2D eigenvalue weighted by Gasteiger charge is -2.56. The number of hydrogen-bond acceptors (Lipinski definition) is 7. The maximum atomic E-state index is 12.8. The highest BCUT2D eigenvalue weighted by Gasteiger charge is 2.55. The summed E-state index contributed by atoms with van der Waals surface area (Å²) in [5.74, 6) is 2.09. The van der Waals surface area contributed by atoms with Crippen molar-refractivity contribution in [3.05, 3.63) is 35.4 Å². The molecule has 1 aromatic carbocycles. The molecule has 1 amide bonds. The van der Waals surface area contributed by atoms with Crippen LogP contribution < -0.4 is 4.18 Å². The molecule has 0 radical (unpaired) electrons. The fraction of sp³-hybridized carbons (Fsp3) is 0.478. The molecule has 4 saturated carbocycles. The van der Waals surface area contributed by atoms with Crippen molar-refractivity contribution in [2.75, 3.05) is 6.26 Å². The van der Waals surface area contributed by atoms with E-state index in [-0.39, 0.29) is 22.6 Å². The van der Waals surface area contributed by atoms with Gasteiger partial charge in [-0.1, -0.05) is 12.1 Å². The number of carbonyl (C=O) groups is 1. The molecule has 1 aromatic rings. The van der Waals surface area contributed by atoms with E-state index in [4.69, 9.17) is 14.7 Å². The number of hydrazone groups is 1. The van der Waals surface area contributed by atoms with Crippen molar-refractivity contribution in [2.24, 2.45) is 33.3 Å². The van der Waals surface area contributed by atoms with Crippen molar-refractivity contribution in [2.45, 2.75) is 38.5 Å². The SMILES string of the molecule is CS(=O)(=O)Oc1ccc(/C=C2\C(=N)N3N=C(C45CC6CC(CC(C6)C4)C5)SC3=NC2=O)cc1. The van der Waals surface area contributed by atoms with Crippen LogP contribution in [0.15, 0.2) is 39.9 Å². The maximum absolute atomic E-state index is 12.8. The molecule has 4 bridgehead atoms. The second kappa shape index (κ2) is 7.27. The third-order valence-corrected chi connectivity index (χ3v) is 9.04. The van der Waals surface area contributed by atoms with Crippen LogP contribution in [0.4, 0.5) is 0 Å². The molecule has 4 aliphatic carbocycles. The van der Waals surface area contributed by atoms with Crippen molar-refractivity contribution in [3.63, 3.8) is 0 Å². The number of hydrogen-bond donors (Lipinski definition) is 1. The molecule has 10 heteroatoms. The number of amidine groups is 2. The normalized spacial score (nSPS) is 33.9. The van der Waals surface area contributed by atoms with Gasteiger partial charge in [-0.25, -0.2) is 0 Å². The third kappa shape index (κ3) is 3.73. The molecule has 4 fully saturated rings. The summed E-state index contributed by atoms with van der Waals surface area (Å²) in [4.78, 5) is 17.0. The number of carbonyl (C=O) groups excluding carboxylic acids is 1. The Morgan fingerprint density at radius 3 is 2.30 bits per heavy atom. The van der Waals surface area contributed by atoms with Crippen LogP contribution in [0.25, 0.3) is 6.08 Å². The van der Waals surface area contributed by atoms with Crippen LogP contribution in [0.3, 0.4) is 0 Å². The number of amides is 1. The topological polar surface area (TPSA) is 112 Å². The van der Waals surface area contributed by atoms with E-state index in [1.807, 2.05) is 0 Å². The largest absolute Gasteiger partial charge is 0.383 e. The first-order chi connectivity index (χ1) is 15.7. The third-order valence-electron chi connectivity index (χ3n) is 7.39. The fourth-order valence-electron chi connectivity index (χ4n) is 6.54. The molecule has 0 aromatic heterocycles. The Morgan fingerprint density at radius 1 is 1.12 bits per heavy atom. The minimum Gasteiger partial charge on any atom is -0.383 e. The first kappa shape index (κ1) is 21.1. The predicted molar refractivity (Wildman–Crippen MR) is 128 cm³/mol. The van der Waals surface area contributed by atoms with Gasteiger partial charge in [-0.3, -0.25) is 10.2 Å². The average Bonchev–Trinajstić information content (AvgIpc) is 3.15. The van der Waals surface area contributed by atoms with Crippen LogP contribution in [0.5, 0.6) is 5.75 Å². The molecule has 2 heterocycles. The summed E-state index contributed by atoms with van der Waals surface area (Å²) in [6, 6.07) is 6.29. The zero-order valence-corrected chi connectivity index (χ0v) is 19.8. The van der Waals surface area contributed by atoms with E-state index in [1.54, 1.807) is 18.2 Å². The van der Waals surface area contributed by atoms with E-state index < -0.39 is 16.0 Å². The highest BCUT2D eigenvalue weighted by Crippen LogP contribution is 2.62. The lowest BCUT2D eigenvalue weighted by atomic mass is 9.50. The number of thioether (sulfide) groups is 1. The van der Waals surface area contributed by atoms with Gasteiger partial charge in [0.15, 0.2) is 5.84 Å². The number of benzene rings is 1. The number of fused-ring (bicyclic) bond motifs is 1. The summed E-state index contributed by atoms with van der Waals surface area (Å²) in [5, 5.41) is 16.5. The van der Waals surface area contributed by atoms with Crippen molar-refractivity contribution >= 4 is 49.9 Å². The lowest BCUT2D eigenvalue weighted by molar-refractivity contribution is -0.114. The highest BCUT2D eigenvalue weighted by molar-refractivity contribution is 8.27. The van der Waals surface area contributed by atoms with Crippen LogP contribution >= 0.6 is 11.8 Å². The van der Waals surface area contributed by atoms with Crippen LogP contribution in [-0.2, 0) is 14.9 Å². The van der Waals surface area contributed by atoms with Gasteiger partial charge >= 0.3 is 10.1 Å². The van der Waals surface area contributed by atoms with E-state index in [1.165, 1.54) is 67.4 Å². The van der Waals surface area contributed by atoms with Gasteiger partial charge in [-0.05, 0) is 91.8 Å². The molecule has 8 nitrogen and oxygen atoms in total. The summed E-state index contributed by atoms with van der Waals surface area (Å²) in [6.07, 6.45) is 10.1. The first-order valence-corrected chi connectivity index (χ1v) is 13.8. The van der Waals surface area contributed by atoms with E-state index in [9.17, 15) is 13.2 Å². The van der Waals surface area contributed by atoms with Gasteiger partial charge in [0.2, 0.25) is 5.17 Å². The number of nitrogens with one attached hydrogen (secondary N) is 1. The number of nitrogens with zero attached hydrogens (tertiary/aromatic N) is 3. The monoisotopic (exact) mass is 484 g/mol. The highest BCUT2D eigenvalue weighted by atomic mass is 32.2. The smallest absolute Gasteiger partial charge is 0.306 e. The van der Waals surface area contributed by atoms with E-state index >= 15 is 0 Å². The molecule has 0 saturated heterocycles. The second-order valence-electron chi connectivity index (χ2n) is 9.98. The standard InChI is InChI=1S/C23H24N4O4S2/c1-33(29,30)31-17-4-2-13(3-5-17)9-18-19(24)27-22(25-20(18)28)32-21(26-27)23-10-14-6-15(11-23)8-16(7-14)12-23/h2-5,9,14-16,24H,6-8,10-12H2,1H3/b18-9+,24-19?. The molecule has 2 aliphatic heterocycles. The Hall–Kier alpha value is -2.46. The van der Waals surface area contributed by atoms with Crippen molar-refractivity contribution in [3.8, 4) is 5.75 Å². The zero-order chi connectivity index (χ0) is 23.0. The Balaban J connectivity index is 1.27. The molecule has 0 spiro atoms. The minimum atomic E-state index is -3.61. The quantitative estimate of drug-likeness (QED) is 0.513. The van der Waals surface area contributed by atoms with E-state index in [0.29, 0.717) is 10.7 Å². The second-order valence-corrected chi connectivity index (χ2v) is 12.5. The van der Waals surface area contributed by atoms with Crippen molar-refractivity contribution in [1.82, 2.24) is 5.01 Å². The van der Waals surface area contributed by atoms with Crippen LogP contribution in [0.1, 0.15) is 44.1 Å². The average molecular weight is 485 g/mol. The summed E-state index contributed by atoms with van der Waals surface area (Å²) in [7, 11) is -3.61. The van der Waals surface area contributed by atoms with Crippen LogP contribution in [0.2, 0.25) is 0 Å². The molecule has 172 valence electrons. The fourth-order valence-corrected chi connectivity index (χ4v) is 8.11. The first-order valence-electron chi connectivity index (χ1n) is 11.2. The number of aliphatic imine (C=N–C) groups is 1. The zero-order valence-electron chi connectivity index (χ0n) is 18.2. The molecule has 7 rings (SSSR count). The Kier molecular flexibility index (Phi) is 4.65. The molecule has 0 atom stereocenters. The van der Waals surface area contributed by atoms with E-state index in [0.717, 1.165) is 29.1 Å². The Bertz CT molecular complexity index is 1230. The van der Waals surface area contributed by atoms with Gasteiger partial charge in [0.1, 0.15) is 10.8 Å². The lowest BCUT2D eigenvalue weighted by Crippen LogP contribution is -2.49. The van der Waals surface area contributed by atoms with Gasteiger partial charge in [-0.15, -0.1) is 0 Å². The molecular weight excluding hydrogens is 460 g/mol. The van der Waals surface area contributed by atoms with E-state index in [2.05, 4.69) is 4.99 Å². The van der Waals surface area contributed by atoms with Crippen molar-refractivity contribution < 1.29 is 17.4 Å². The summed E-state index contributed by atoms with van der Waals surface area (Å²) >= 11 is 1.47. The summed E-state index contributed by atoms with van der Waals surface area (Å²) in [5.41, 5.74) is 0.883. The van der Waals surface area contributed by atoms with Crippen LogP contribution in [0, 0.1) is 28.6 Å². The van der Waals surface area contributed by atoms with Crippen LogP contribution in [-0.4, -0.2) is 41.6 Å². The van der Waals surface area contributed by atoms with Gasteiger partial charge in [0.05, 0.1) is 11.8 Å². The van der Waals surface area contributed by atoms with Crippen molar-refractivity contribution in [1.29, 1.82) is 5.41 Å². The van der Waals surface area contributed by atoms with Gasteiger partial charge in [0, 0.05) is 5.41 Å². The molecular formula is C23H24N4O4S2. The number of rotatable bonds is 4. The molecule has 33 heavy (non-hydrogen) atoms. The summed E-state index contributed by atoms with van der Waals surface area (Å²) < 4.78 is 27.4.